The first kappa shape index (κ1) is 23.6. The van der Waals surface area contributed by atoms with Crippen LogP contribution in [-0.4, -0.2) is 68.9 Å². The molecule has 1 heterocycles. The fourth-order valence-electron chi connectivity index (χ4n) is 2.41. The van der Waals surface area contributed by atoms with Gasteiger partial charge in [0.15, 0.2) is 0 Å². The molecule has 10 heteroatoms. The summed E-state index contributed by atoms with van der Waals surface area (Å²) in [6.45, 7) is 6.04. The number of carbonyl (C=O) groups excluding carboxylic acids is 4. The SMILES string of the molecule is CCCNC(=O)CN(C)CC(=O)Nc1sc(C(=O)NC)c(C)c1C(=O)OCC. The van der Waals surface area contributed by atoms with Gasteiger partial charge in [0.25, 0.3) is 5.91 Å². The molecule has 3 N–H and O–H groups in total. The summed E-state index contributed by atoms with van der Waals surface area (Å²) in [7, 11) is 3.13. The topological polar surface area (TPSA) is 117 Å². The summed E-state index contributed by atoms with van der Waals surface area (Å²) in [4.78, 5) is 50.3. The molecule has 0 aliphatic carbocycles. The van der Waals surface area contributed by atoms with E-state index in [1.807, 2.05) is 6.92 Å². The monoisotopic (exact) mass is 412 g/mol. The third-order valence-corrected chi connectivity index (χ3v) is 4.92. The first-order valence-corrected chi connectivity index (χ1v) is 9.84. The number of nitrogens with zero attached hydrogens (tertiary/aromatic N) is 1. The zero-order chi connectivity index (χ0) is 21.3. The zero-order valence-corrected chi connectivity index (χ0v) is 17.7. The van der Waals surface area contributed by atoms with Gasteiger partial charge in [0, 0.05) is 13.6 Å². The molecule has 156 valence electrons. The van der Waals surface area contributed by atoms with Crippen LogP contribution in [0.5, 0.6) is 0 Å². The average molecular weight is 413 g/mol. The molecule has 0 fully saturated rings. The molecule has 0 spiro atoms. The molecule has 1 aromatic rings. The Bertz CT molecular complexity index is 732. The van der Waals surface area contributed by atoms with Crippen LogP contribution in [0.25, 0.3) is 0 Å². The van der Waals surface area contributed by atoms with Gasteiger partial charge in [-0.25, -0.2) is 4.79 Å². The maximum Gasteiger partial charge on any atom is 0.341 e. The molecule has 3 amide bonds. The molecule has 0 aliphatic rings. The van der Waals surface area contributed by atoms with Gasteiger partial charge in [-0.05, 0) is 32.9 Å². The Morgan fingerprint density at radius 1 is 1.11 bits per heavy atom. The van der Waals surface area contributed by atoms with Gasteiger partial charge in [0.05, 0.1) is 30.1 Å². The molecule has 0 saturated heterocycles. The van der Waals surface area contributed by atoms with Crippen LogP contribution in [0.4, 0.5) is 5.00 Å². The number of nitrogens with one attached hydrogen (secondary N) is 3. The fourth-order valence-corrected chi connectivity index (χ4v) is 3.57. The summed E-state index contributed by atoms with van der Waals surface area (Å²) in [5.74, 6) is -1.52. The molecule has 0 saturated carbocycles. The minimum Gasteiger partial charge on any atom is -0.462 e. The first-order valence-electron chi connectivity index (χ1n) is 9.02. The largest absolute Gasteiger partial charge is 0.462 e. The van der Waals surface area contributed by atoms with E-state index in [2.05, 4.69) is 16.0 Å². The van der Waals surface area contributed by atoms with Crippen molar-refractivity contribution in [2.45, 2.75) is 27.2 Å². The molecule has 0 aromatic carbocycles. The van der Waals surface area contributed by atoms with Gasteiger partial charge in [-0.1, -0.05) is 6.92 Å². The molecule has 1 rings (SSSR count). The molecular weight excluding hydrogens is 384 g/mol. The van der Waals surface area contributed by atoms with E-state index in [1.165, 1.54) is 7.05 Å². The summed E-state index contributed by atoms with van der Waals surface area (Å²) in [6.07, 6.45) is 0.831. The van der Waals surface area contributed by atoms with Crippen LogP contribution in [0.2, 0.25) is 0 Å². The van der Waals surface area contributed by atoms with Gasteiger partial charge >= 0.3 is 5.97 Å². The van der Waals surface area contributed by atoms with Gasteiger partial charge in [-0.2, -0.15) is 0 Å². The highest BCUT2D eigenvalue weighted by Gasteiger charge is 2.26. The first-order chi connectivity index (χ1) is 13.2. The Hall–Kier alpha value is -2.46. The number of carbonyl (C=O) groups is 4. The quantitative estimate of drug-likeness (QED) is 0.494. The molecule has 28 heavy (non-hydrogen) atoms. The molecule has 0 aliphatic heterocycles. The van der Waals surface area contributed by atoms with Gasteiger partial charge < -0.3 is 20.7 Å². The van der Waals surface area contributed by atoms with Gasteiger partial charge in [-0.15, -0.1) is 11.3 Å². The predicted molar refractivity (Wildman–Crippen MR) is 108 cm³/mol. The van der Waals surface area contributed by atoms with Gasteiger partial charge in [0.1, 0.15) is 5.00 Å². The maximum absolute atomic E-state index is 12.4. The van der Waals surface area contributed by atoms with Gasteiger partial charge in [0.2, 0.25) is 11.8 Å². The lowest BCUT2D eigenvalue weighted by atomic mass is 10.1. The minimum atomic E-state index is -0.603. The standard InChI is InChI=1S/C18H28N4O5S/c1-6-8-20-12(23)9-22(5)10-13(24)21-17-14(18(26)27-7-2)11(3)15(28-17)16(25)19-4/h6-10H2,1-5H3,(H,19,25)(H,20,23)(H,21,24). The molecule has 0 bridgehead atoms. The summed E-state index contributed by atoms with van der Waals surface area (Å²) >= 11 is 1.01. The number of hydrogen-bond acceptors (Lipinski definition) is 7. The highest BCUT2D eigenvalue weighted by atomic mass is 32.1. The van der Waals surface area contributed by atoms with E-state index in [-0.39, 0.29) is 42.1 Å². The number of ether oxygens (including phenoxy) is 1. The third kappa shape index (κ3) is 6.61. The van der Waals surface area contributed by atoms with E-state index >= 15 is 0 Å². The maximum atomic E-state index is 12.4. The molecule has 0 unspecified atom stereocenters. The number of hydrogen-bond donors (Lipinski definition) is 3. The zero-order valence-electron chi connectivity index (χ0n) is 16.9. The Kier molecular flexibility index (Phi) is 9.60. The highest BCUT2D eigenvalue weighted by Crippen LogP contribution is 2.33. The number of anilines is 1. The van der Waals surface area contributed by atoms with Crippen molar-refractivity contribution in [3.05, 3.63) is 16.0 Å². The lowest BCUT2D eigenvalue weighted by Gasteiger charge is -2.15. The van der Waals surface area contributed by atoms with Crippen LogP contribution in [0.1, 0.15) is 45.9 Å². The second-order valence-corrected chi connectivity index (χ2v) is 7.15. The van der Waals surface area contributed by atoms with Crippen molar-refractivity contribution in [2.24, 2.45) is 0 Å². The van der Waals surface area contributed by atoms with Crippen LogP contribution in [0.3, 0.4) is 0 Å². The Labute approximate surface area is 168 Å². The summed E-state index contributed by atoms with van der Waals surface area (Å²) in [5.41, 5.74) is 0.618. The number of likely N-dealkylation sites (N-methyl/N-ethyl adjacent to an activating group) is 1. The lowest BCUT2D eigenvalue weighted by Crippen LogP contribution is -2.39. The van der Waals surface area contributed by atoms with Gasteiger partial charge in [-0.3, -0.25) is 19.3 Å². The number of amides is 3. The summed E-state index contributed by atoms with van der Waals surface area (Å²) < 4.78 is 5.05. The predicted octanol–water partition coefficient (Wildman–Crippen LogP) is 0.989. The van der Waals surface area contributed by atoms with E-state index in [1.54, 1.807) is 25.8 Å². The summed E-state index contributed by atoms with van der Waals surface area (Å²) in [6, 6.07) is 0. The lowest BCUT2D eigenvalue weighted by molar-refractivity contribution is -0.122. The van der Waals surface area contributed by atoms with E-state index in [0.717, 1.165) is 17.8 Å². The average Bonchev–Trinajstić information content (AvgIpc) is 2.95. The molecule has 9 nitrogen and oxygen atoms in total. The van der Waals surface area contributed by atoms with Crippen LogP contribution < -0.4 is 16.0 Å². The molecule has 0 radical (unpaired) electrons. The minimum absolute atomic E-state index is 0.0476. The number of thiophene rings is 1. The van der Waals surface area contributed by atoms with Crippen LogP contribution in [-0.2, 0) is 14.3 Å². The molecular formula is C18H28N4O5S. The Morgan fingerprint density at radius 2 is 1.75 bits per heavy atom. The second kappa shape index (κ2) is 11.4. The number of esters is 1. The van der Waals surface area contributed by atoms with Crippen molar-refractivity contribution < 1.29 is 23.9 Å². The van der Waals surface area contributed by atoms with Crippen LogP contribution >= 0.6 is 11.3 Å². The smallest absolute Gasteiger partial charge is 0.341 e. The normalized spacial score (nSPS) is 10.5. The summed E-state index contributed by atoms with van der Waals surface area (Å²) in [5, 5.41) is 8.17. The van der Waals surface area contributed by atoms with Crippen LogP contribution in [0, 0.1) is 6.92 Å². The van der Waals surface area contributed by atoms with Crippen molar-refractivity contribution in [1.29, 1.82) is 0 Å². The fraction of sp³-hybridized carbons (Fsp3) is 0.556. The van der Waals surface area contributed by atoms with Crippen molar-refractivity contribution in [3.63, 3.8) is 0 Å². The molecule has 1 aromatic heterocycles. The van der Waals surface area contributed by atoms with E-state index in [4.69, 9.17) is 4.74 Å². The van der Waals surface area contributed by atoms with Crippen molar-refractivity contribution >= 4 is 40.0 Å². The van der Waals surface area contributed by atoms with E-state index in [9.17, 15) is 19.2 Å². The third-order valence-electron chi connectivity index (χ3n) is 3.71. The van der Waals surface area contributed by atoms with E-state index in [0.29, 0.717) is 17.0 Å². The van der Waals surface area contributed by atoms with Crippen molar-refractivity contribution in [2.75, 3.05) is 45.7 Å². The van der Waals surface area contributed by atoms with Crippen molar-refractivity contribution in [3.8, 4) is 0 Å². The van der Waals surface area contributed by atoms with Crippen LogP contribution in [0.15, 0.2) is 0 Å². The highest BCUT2D eigenvalue weighted by molar-refractivity contribution is 7.18. The molecule has 0 atom stereocenters. The number of rotatable bonds is 10. The van der Waals surface area contributed by atoms with Crippen molar-refractivity contribution in [1.82, 2.24) is 15.5 Å². The van der Waals surface area contributed by atoms with E-state index < -0.39 is 11.9 Å². The Morgan fingerprint density at radius 3 is 2.32 bits per heavy atom. The second-order valence-electron chi connectivity index (χ2n) is 6.13. The Balaban J connectivity index is 2.91.